The summed E-state index contributed by atoms with van der Waals surface area (Å²) in [7, 11) is 1.46. The number of hydrogen-bond donors (Lipinski definition) is 0. The molecule has 0 spiro atoms. The Hall–Kier alpha value is -4.01. The molecule has 0 N–H and O–H groups in total. The smallest absolute Gasteiger partial charge is 0.415 e. The number of Topliss-reactive ketones (excluding diaryl/α,β-unsaturated/α-hetero) is 1. The number of methoxy groups -OCH3 is 1. The van der Waals surface area contributed by atoms with Crippen LogP contribution in [-0.4, -0.2) is 30.4 Å². The zero-order valence-electron chi connectivity index (χ0n) is 16.1. The van der Waals surface area contributed by atoms with Crippen molar-refractivity contribution < 1.29 is 28.4 Å². The van der Waals surface area contributed by atoms with E-state index in [1.54, 1.807) is 19.1 Å². The molecule has 1 heterocycles. The lowest BCUT2D eigenvalue weighted by Crippen LogP contribution is -2.27. The van der Waals surface area contributed by atoms with E-state index in [0.29, 0.717) is 5.75 Å². The summed E-state index contributed by atoms with van der Waals surface area (Å²) >= 11 is 0. The van der Waals surface area contributed by atoms with Crippen LogP contribution in [0.3, 0.4) is 0 Å². The molecule has 0 amide bonds. The van der Waals surface area contributed by atoms with Gasteiger partial charge in [-0.3, -0.25) is 19.7 Å². The first kappa shape index (κ1) is 20.7. The van der Waals surface area contributed by atoms with Gasteiger partial charge in [-0.05, 0) is 37.3 Å². The number of carbonyl (C=O) groups excluding carboxylic acids is 2. The van der Waals surface area contributed by atoms with Crippen LogP contribution in [0.25, 0.3) is 11.0 Å². The van der Waals surface area contributed by atoms with E-state index in [4.69, 9.17) is 13.9 Å². The van der Waals surface area contributed by atoms with Gasteiger partial charge in [-0.15, -0.1) is 0 Å². The van der Waals surface area contributed by atoms with Crippen molar-refractivity contribution in [2.24, 2.45) is 0 Å². The molecule has 30 heavy (non-hydrogen) atoms. The maximum Gasteiger partial charge on any atom is 0.415 e. The molecular weight excluding hydrogens is 394 g/mol. The number of nitro groups is 1. The van der Waals surface area contributed by atoms with E-state index in [1.165, 1.54) is 43.5 Å². The topological polar surface area (TPSA) is 126 Å². The second kappa shape index (κ2) is 8.56. The molecule has 3 rings (SSSR count). The molecule has 0 aliphatic rings. The minimum absolute atomic E-state index is 0.0138. The van der Waals surface area contributed by atoms with E-state index >= 15 is 0 Å². The molecule has 154 valence electrons. The van der Waals surface area contributed by atoms with Gasteiger partial charge in [0.25, 0.3) is 0 Å². The summed E-state index contributed by atoms with van der Waals surface area (Å²) < 4.78 is 15.1. The number of benzene rings is 2. The highest BCUT2D eigenvalue weighted by molar-refractivity contribution is 6.15. The summed E-state index contributed by atoms with van der Waals surface area (Å²) in [6.07, 6.45) is 0. The molecule has 0 aliphatic heterocycles. The number of esters is 1. The zero-order valence-corrected chi connectivity index (χ0v) is 16.1. The van der Waals surface area contributed by atoms with Crippen LogP contribution in [0.4, 0.5) is 5.69 Å². The van der Waals surface area contributed by atoms with Crippen LogP contribution in [0.15, 0.2) is 57.7 Å². The Morgan fingerprint density at radius 1 is 1.13 bits per heavy atom. The number of hydrogen-bond acceptors (Lipinski definition) is 8. The van der Waals surface area contributed by atoms with E-state index in [-0.39, 0.29) is 28.7 Å². The third-order valence-electron chi connectivity index (χ3n) is 4.46. The molecule has 0 saturated heterocycles. The fraction of sp³-hybridized carbons (Fsp3) is 0.190. The number of rotatable bonds is 7. The van der Waals surface area contributed by atoms with Gasteiger partial charge < -0.3 is 13.9 Å². The highest BCUT2D eigenvalue weighted by atomic mass is 16.6. The maximum atomic E-state index is 13.3. The Bertz CT molecular complexity index is 1180. The predicted molar refractivity (Wildman–Crippen MR) is 106 cm³/mol. The first-order valence-electron chi connectivity index (χ1n) is 8.94. The second-order valence-electron chi connectivity index (χ2n) is 6.18. The summed E-state index contributed by atoms with van der Waals surface area (Å²) in [6.45, 7) is 1.48. The number of ketones is 1. The molecule has 0 fully saturated rings. The number of carbonyl (C=O) groups is 2. The number of ether oxygens (including phenoxy) is 2. The first-order valence-corrected chi connectivity index (χ1v) is 8.94. The van der Waals surface area contributed by atoms with Crippen LogP contribution in [0, 0.1) is 10.1 Å². The summed E-state index contributed by atoms with van der Waals surface area (Å²) in [5.41, 5.74) is -2.48. The summed E-state index contributed by atoms with van der Waals surface area (Å²) in [4.78, 5) is 49.1. The zero-order chi connectivity index (χ0) is 21.8. The maximum absolute atomic E-state index is 13.3. The molecule has 0 aliphatic carbocycles. The average molecular weight is 411 g/mol. The van der Waals surface area contributed by atoms with E-state index in [9.17, 15) is 24.5 Å². The van der Waals surface area contributed by atoms with Gasteiger partial charge in [-0.2, -0.15) is 0 Å². The van der Waals surface area contributed by atoms with E-state index in [1.807, 2.05) is 0 Å². The van der Waals surface area contributed by atoms with E-state index in [0.717, 1.165) is 0 Å². The Morgan fingerprint density at radius 2 is 1.80 bits per heavy atom. The molecule has 1 atom stereocenters. The van der Waals surface area contributed by atoms with Gasteiger partial charge in [-0.1, -0.05) is 18.2 Å². The lowest BCUT2D eigenvalue weighted by atomic mass is 9.87. The normalized spacial score (nSPS) is 11.7. The van der Waals surface area contributed by atoms with Crippen LogP contribution < -0.4 is 10.4 Å². The van der Waals surface area contributed by atoms with Gasteiger partial charge >= 0.3 is 17.3 Å². The molecular formula is C21H17NO8. The second-order valence-corrected chi connectivity index (χ2v) is 6.18. The van der Waals surface area contributed by atoms with Gasteiger partial charge in [0.15, 0.2) is 11.7 Å². The van der Waals surface area contributed by atoms with E-state index in [2.05, 4.69) is 0 Å². The van der Waals surface area contributed by atoms with Crippen LogP contribution in [0.1, 0.15) is 28.8 Å². The third-order valence-corrected chi connectivity index (χ3v) is 4.46. The molecule has 3 aromatic rings. The van der Waals surface area contributed by atoms with Gasteiger partial charge in [0.05, 0.1) is 24.2 Å². The van der Waals surface area contributed by atoms with Gasteiger partial charge in [0, 0.05) is 10.9 Å². The minimum Gasteiger partial charge on any atom is -0.497 e. The largest absolute Gasteiger partial charge is 0.497 e. The highest BCUT2D eigenvalue weighted by Crippen LogP contribution is 2.34. The van der Waals surface area contributed by atoms with Gasteiger partial charge in [-0.25, -0.2) is 4.79 Å². The van der Waals surface area contributed by atoms with Crippen molar-refractivity contribution >= 4 is 28.4 Å². The fourth-order valence-corrected chi connectivity index (χ4v) is 3.13. The van der Waals surface area contributed by atoms with Gasteiger partial charge in [0.1, 0.15) is 11.3 Å². The molecule has 2 aromatic carbocycles. The lowest BCUT2D eigenvalue weighted by Gasteiger charge is -2.16. The van der Waals surface area contributed by atoms with Crippen molar-refractivity contribution in [3.8, 4) is 5.75 Å². The van der Waals surface area contributed by atoms with Crippen LogP contribution in [0.5, 0.6) is 5.75 Å². The van der Waals surface area contributed by atoms with Crippen LogP contribution in [0.2, 0.25) is 0 Å². The van der Waals surface area contributed by atoms with Gasteiger partial charge in [0.2, 0.25) is 0 Å². The fourth-order valence-electron chi connectivity index (χ4n) is 3.13. The molecule has 1 aromatic heterocycles. The van der Waals surface area contributed by atoms with Crippen molar-refractivity contribution in [3.63, 3.8) is 0 Å². The summed E-state index contributed by atoms with van der Waals surface area (Å²) in [6, 6.07) is 11.8. The number of para-hydroxylation sites is 1. The van der Waals surface area contributed by atoms with Crippen molar-refractivity contribution in [2.75, 3.05) is 13.7 Å². The van der Waals surface area contributed by atoms with E-state index < -0.39 is 33.9 Å². The quantitative estimate of drug-likeness (QED) is 0.145. The standard InChI is InChI=1S/C21H17NO8/c1-3-29-20(24)17(19(23)12-8-10-13(28-2)11-9-12)16-14-6-4-5-7-15(14)30-21(25)18(16)22(26)27/h4-11,17H,3H2,1-2H3. The average Bonchev–Trinajstić information content (AvgIpc) is 2.73. The monoisotopic (exact) mass is 411 g/mol. The summed E-state index contributed by atoms with van der Waals surface area (Å²) in [5, 5.41) is 11.8. The van der Waals surface area contributed by atoms with Crippen LogP contribution in [-0.2, 0) is 9.53 Å². The SMILES string of the molecule is CCOC(=O)C(C(=O)c1ccc(OC)cc1)c1c([N+](=O)[O-])c(=O)oc2ccccc12. The van der Waals surface area contributed by atoms with Crippen LogP contribution >= 0.6 is 0 Å². The molecule has 9 heteroatoms. The Labute approximate surface area is 170 Å². The van der Waals surface area contributed by atoms with Crippen molar-refractivity contribution in [1.82, 2.24) is 0 Å². The van der Waals surface area contributed by atoms with Crippen molar-refractivity contribution in [3.05, 3.63) is 80.2 Å². The molecule has 1 unspecified atom stereocenters. The Balaban J connectivity index is 2.31. The minimum atomic E-state index is -1.73. The first-order chi connectivity index (χ1) is 14.4. The predicted octanol–water partition coefficient (Wildman–Crippen LogP) is 3.24. The Kier molecular flexibility index (Phi) is 5.91. The third kappa shape index (κ3) is 3.77. The summed E-state index contributed by atoms with van der Waals surface area (Å²) in [5.74, 6) is -3.00. The number of fused-ring (bicyclic) bond motifs is 1. The molecule has 0 bridgehead atoms. The Morgan fingerprint density at radius 3 is 2.40 bits per heavy atom. The molecule has 0 saturated carbocycles. The lowest BCUT2D eigenvalue weighted by molar-refractivity contribution is -0.387. The molecule has 9 nitrogen and oxygen atoms in total. The van der Waals surface area contributed by atoms with Crippen molar-refractivity contribution in [1.29, 1.82) is 0 Å². The molecule has 0 radical (unpaired) electrons. The highest BCUT2D eigenvalue weighted by Gasteiger charge is 2.40. The number of nitrogens with zero attached hydrogens (tertiary/aromatic N) is 1. The van der Waals surface area contributed by atoms with Crippen molar-refractivity contribution in [2.45, 2.75) is 12.8 Å².